The second-order valence-electron chi connectivity index (χ2n) is 3.64. The molecule has 1 amide bonds. The standard InChI is InChI=1S/C12H11BrN4O2/c1-19-9-3-2-7(14)4-8(9)12(18)17-11-6-15-10(13)5-16-11/h2-6H,14H2,1H3,(H,16,17,18). The van der Waals surface area contributed by atoms with Crippen molar-refractivity contribution in [2.75, 3.05) is 18.2 Å². The fraction of sp³-hybridized carbons (Fsp3) is 0.0833. The van der Waals surface area contributed by atoms with Crippen molar-refractivity contribution in [3.05, 3.63) is 40.8 Å². The largest absolute Gasteiger partial charge is 0.496 e. The molecule has 1 heterocycles. The Balaban J connectivity index is 2.24. The third-order valence-corrected chi connectivity index (χ3v) is 2.74. The number of aromatic nitrogens is 2. The number of nitrogens with zero attached hydrogens (tertiary/aromatic N) is 2. The summed E-state index contributed by atoms with van der Waals surface area (Å²) in [4.78, 5) is 20.1. The molecule has 0 aliphatic carbocycles. The number of hydrogen-bond donors (Lipinski definition) is 2. The van der Waals surface area contributed by atoms with E-state index in [1.165, 1.54) is 19.5 Å². The van der Waals surface area contributed by atoms with Crippen LogP contribution in [0.3, 0.4) is 0 Å². The third kappa shape index (κ3) is 3.19. The molecule has 0 atom stereocenters. The van der Waals surface area contributed by atoms with Crippen molar-refractivity contribution >= 4 is 33.3 Å². The maximum absolute atomic E-state index is 12.1. The summed E-state index contributed by atoms with van der Waals surface area (Å²) in [5, 5.41) is 2.62. The monoisotopic (exact) mass is 322 g/mol. The summed E-state index contributed by atoms with van der Waals surface area (Å²) in [6.45, 7) is 0. The van der Waals surface area contributed by atoms with Gasteiger partial charge < -0.3 is 15.8 Å². The van der Waals surface area contributed by atoms with Crippen LogP contribution in [-0.4, -0.2) is 23.0 Å². The van der Waals surface area contributed by atoms with Crippen LogP contribution in [0.25, 0.3) is 0 Å². The Morgan fingerprint density at radius 2 is 2.16 bits per heavy atom. The van der Waals surface area contributed by atoms with E-state index in [1.54, 1.807) is 18.2 Å². The van der Waals surface area contributed by atoms with E-state index in [1.807, 2.05) is 0 Å². The Morgan fingerprint density at radius 1 is 1.37 bits per heavy atom. The average molecular weight is 323 g/mol. The second kappa shape index (κ2) is 5.66. The van der Waals surface area contributed by atoms with Crippen LogP contribution in [0, 0.1) is 0 Å². The molecule has 19 heavy (non-hydrogen) atoms. The summed E-state index contributed by atoms with van der Waals surface area (Å²) in [5.74, 6) is 0.426. The number of hydrogen-bond acceptors (Lipinski definition) is 5. The molecule has 6 nitrogen and oxygen atoms in total. The summed E-state index contributed by atoms with van der Waals surface area (Å²) in [6, 6.07) is 4.84. The lowest BCUT2D eigenvalue weighted by Gasteiger charge is -2.09. The summed E-state index contributed by atoms with van der Waals surface area (Å²) < 4.78 is 5.71. The molecule has 0 bridgehead atoms. The molecule has 3 N–H and O–H groups in total. The van der Waals surface area contributed by atoms with E-state index in [-0.39, 0.29) is 5.91 Å². The van der Waals surface area contributed by atoms with Gasteiger partial charge in [-0.15, -0.1) is 0 Å². The molecular weight excluding hydrogens is 312 g/mol. The molecule has 0 unspecified atom stereocenters. The molecule has 0 spiro atoms. The van der Waals surface area contributed by atoms with Gasteiger partial charge in [0.05, 0.1) is 25.1 Å². The molecule has 7 heteroatoms. The van der Waals surface area contributed by atoms with Gasteiger partial charge in [-0.2, -0.15) is 0 Å². The van der Waals surface area contributed by atoms with Crippen molar-refractivity contribution in [3.8, 4) is 5.75 Å². The van der Waals surface area contributed by atoms with Crippen molar-refractivity contribution in [1.29, 1.82) is 0 Å². The highest BCUT2D eigenvalue weighted by atomic mass is 79.9. The highest BCUT2D eigenvalue weighted by Crippen LogP contribution is 2.22. The number of anilines is 2. The number of carbonyl (C=O) groups is 1. The van der Waals surface area contributed by atoms with E-state index in [9.17, 15) is 4.79 Å². The molecule has 0 radical (unpaired) electrons. The first kappa shape index (κ1) is 13.3. The minimum absolute atomic E-state index is 0.340. The van der Waals surface area contributed by atoms with E-state index in [0.29, 0.717) is 27.4 Å². The Morgan fingerprint density at radius 3 is 2.79 bits per heavy atom. The van der Waals surface area contributed by atoms with Crippen molar-refractivity contribution in [2.45, 2.75) is 0 Å². The normalized spacial score (nSPS) is 10.0. The molecule has 98 valence electrons. The third-order valence-electron chi connectivity index (χ3n) is 2.33. The fourth-order valence-corrected chi connectivity index (χ4v) is 1.67. The number of nitrogens with two attached hydrogens (primary N) is 1. The van der Waals surface area contributed by atoms with Crippen molar-refractivity contribution in [3.63, 3.8) is 0 Å². The minimum atomic E-state index is -0.360. The van der Waals surface area contributed by atoms with Gasteiger partial charge in [0.25, 0.3) is 5.91 Å². The van der Waals surface area contributed by atoms with Gasteiger partial charge >= 0.3 is 0 Å². The summed E-state index contributed by atoms with van der Waals surface area (Å²) in [7, 11) is 1.49. The molecule has 0 aliphatic heterocycles. The lowest BCUT2D eigenvalue weighted by atomic mass is 10.1. The second-order valence-corrected chi connectivity index (χ2v) is 4.45. The first-order chi connectivity index (χ1) is 9.10. The highest BCUT2D eigenvalue weighted by molar-refractivity contribution is 9.10. The van der Waals surface area contributed by atoms with Crippen LogP contribution in [0.1, 0.15) is 10.4 Å². The summed E-state index contributed by atoms with van der Waals surface area (Å²) in [5.41, 5.74) is 6.48. The zero-order valence-corrected chi connectivity index (χ0v) is 11.6. The van der Waals surface area contributed by atoms with Crippen molar-refractivity contribution in [2.24, 2.45) is 0 Å². The fourth-order valence-electron chi connectivity index (χ4n) is 1.46. The lowest BCUT2D eigenvalue weighted by molar-refractivity contribution is 0.102. The summed E-state index contributed by atoms with van der Waals surface area (Å²) in [6.07, 6.45) is 2.94. The molecule has 1 aromatic carbocycles. The van der Waals surface area contributed by atoms with Gasteiger partial charge in [0.15, 0.2) is 5.82 Å². The average Bonchev–Trinajstić information content (AvgIpc) is 2.41. The number of ether oxygens (including phenoxy) is 1. The Hall–Kier alpha value is -2.15. The van der Waals surface area contributed by atoms with Crippen LogP contribution in [0.15, 0.2) is 35.2 Å². The number of carbonyl (C=O) groups excluding carboxylic acids is 1. The van der Waals surface area contributed by atoms with Gasteiger partial charge in [-0.1, -0.05) is 0 Å². The smallest absolute Gasteiger partial charge is 0.260 e. The number of rotatable bonds is 3. The highest BCUT2D eigenvalue weighted by Gasteiger charge is 2.13. The molecule has 0 fully saturated rings. The van der Waals surface area contributed by atoms with E-state index in [0.717, 1.165) is 0 Å². The van der Waals surface area contributed by atoms with Crippen LogP contribution in [0.2, 0.25) is 0 Å². The number of methoxy groups -OCH3 is 1. The van der Waals surface area contributed by atoms with Gasteiger partial charge in [-0.05, 0) is 34.1 Å². The molecule has 2 rings (SSSR count). The van der Waals surface area contributed by atoms with E-state index in [4.69, 9.17) is 10.5 Å². The number of nitrogens with one attached hydrogen (secondary N) is 1. The molecular formula is C12H11BrN4O2. The minimum Gasteiger partial charge on any atom is -0.496 e. The predicted octanol–water partition coefficient (Wildman–Crippen LogP) is 2.08. The van der Waals surface area contributed by atoms with E-state index in [2.05, 4.69) is 31.2 Å². The number of amides is 1. The zero-order valence-electron chi connectivity index (χ0n) is 10.1. The SMILES string of the molecule is COc1ccc(N)cc1C(=O)Nc1cnc(Br)cn1. The zero-order chi connectivity index (χ0) is 13.8. The van der Waals surface area contributed by atoms with E-state index < -0.39 is 0 Å². The van der Waals surface area contributed by atoms with Gasteiger partial charge in [-0.25, -0.2) is 9.97 Å². The predicted molar refractivity (Wildman–Crippen MR) is 75.1 cm³/mol. The van der Waals surface area contributed by atoms with Crippen LogP contribution in [-0.2, 0) is 0 Å². The molecule has 0 saturated carbocycles. The molecule has 0 aliphatic rings. The topological polar surface area (TPSA) is 90.1 Å². The Kier molecular flexibility index (Phi) is 3.96. The molecule has 0 saturated heterocycles. The number of nitrogen functional groups attached to an aromatic ring is 1. The van der Waals surface area contributed by atoms with Gasteiger partial charge in [0.2, 0.25) is 0 Å². The van der Waals surface area contributed by atoms with Crippen LogP contribution >= 0.6 is 15.9 Å². The lowest BCUT2D eigenvalue weighted by Crippen LogP contribution is -2.14. The number of benzene rings is 1. The quantitative estimate of drug-likeness (QED) is 0.844. The van der Waals surface area contributed by atoms with Gasteiger partial charge in [0, 0.05) is 5.69 Å². The van der Waals surface area contributed by atoms with Crippen LogP contribution < -0.4 is 15.8 Å². The van der Waals surface area contributed by atoms with Gasteiger partial charge in [-0.3, -0.25) is 4.79 Å². The van der Waals surface area contributed by atoms with Crippen molar-refractivity contribution in [1.82, 2.24) is 9.97 Å². The maximum Gasteiger partial charge on any atom is 0.260 e. The Labute approximate surface area is 118 Å². The first-order valence-corrected chi connectivity index (χ1v) is 6.12. The number of halogens is 1. The van der Waals surface area contributed by atoms with E-state index >= 15 is 0 Å². The molecule has 2 aromatic rings. The summed E-state index contributed by atoms with van der Waals surface area (Å²) >= 11 is 3.17. The Bertz CT molecular complexity index is 601. The first-order valence-electron chi connectivity index (χ1n) is 5.32. The van der Waals surface area contributed by atoms with Gasteiger partial charge in [0.1, 0.15) is 10.4 Å². The maximum atomic E-state index is 12.1. The van der Waals surface area contributed by atoms with Crippen LogP contribution in [0.5, 0.6) is 5.75 Å². The van der Waals surface area contributed by atoms with Crippen LogP contribution in [0.4, 0.5) is 11.5 Å². The molecule has 1 aromatic heterocycles. The van der Waals surface area contributed by atoms with Crippen molar-refractivity contribution < 1.29 is 9.53 Å².